The van der Waals surface area contributed by atoms with E-state index in [4.69, 9.17) is 4.74 Å². The zero-order chi connectivity index (χ0) is 24.2. The van der Waals surface area contributed by atoms with Crippen molar-refractivity contribution in [3.63, 3.8) is 0 Å². The van der Waals surface area contributed by atoms with Gasteiger partial charge in [-0.25, -0.2) is 12.7 Å². The van der Waals surface area contributed by atoms with Crippen LogP contribution in [0, 0.1) is 22.7 Å². The Bertz CT molecular complexity index is 1030. The molecule has 0 spiro atoms. The Morgan fingerprint density at radius 2 is 1.94 bits per heavy atom. The van der Waals surface area contributed by atoms with Crippen LogP contribution in [0.15, 0.2) is 24.3 Å². The molecule has 1 aromatic carbocycles. The van der Waals surface area contributed by atoms with Gasteiger partial charge in [0.05, 0.1) is 18.5 Å². The maximum atomic E-state index is 13.7. The molecule has 9 heteroatoms. The third-order valence-electron chi connectivity index (χ3n) is 8.96. The number of Topliss-reactive ketones (excluding diaryl/α,β-unsaturated/α-hetero) is 1. The lowest BCUT2D eigenvalue weighted by atomic mass is 9.70. The smallest absolute Gasteiger partial charge is 0.215 e. The number of carbonyl (C=O) groups is 1. The highest BCUT2D eigenvalue weighted by Gasteiger charge is 2.65. The fourth-order valence-corrected chi connectivity index (χ4v) is 8.93. The van der Waals surface area contributed by atoms with Crippen LogP contribution in [0.25, 0.3) is 0 Å². The van der Waals surface area contributed by atoms with Gasteiger partial charge in [-0.1, -0.05) is 26.0 Å². The summed E-state index contributed by atoms with van der Waals surface area (Å²) in [4.78, 5) is 14.9. The zero-order valence-electron chi connectivity index (χ0n) is 20.9. The summed E-state index contributed by atoms with van der Waals surface area (Å²) >= 11 is 0. The number of ether oxygens (including phenoxy) is 1. The lowest BCUT2D eigenvalue weighted by Crippen LogP contribution is -2.56. The minimum Gasteiger partial charge on any atom is -0.497 e. The van der Waals surface area contributed by atoms with Crippen LogP contribution in [0.4, 0.5) is 0 Å². The van der Waals surface area contributed by atoms with Crippen molar-refractivity contribution in [2.75, 3.05) is 46.6 Å². The van der Waals surface area contributed by atoms with E-state index in [1.807, 2.05) is 43.3 Å². The minimum absolute atomic E-state index is 0. The summed E-state index contributed by atoms with van der Waals surface area (Å²) in [6.45, 7) is 5.13. The van der Waals surface area contributed by atoms with Crippen molar-refractivity contribution in [2.24, 2.45) is 22.7 Å². The van der Waals surface area contributed by atoms with E-state index in [2.05, 4.69) is 13.8 Å². The lowest BCUT2D eigenvalue weighted by molar-refractivity contribution is -0.128. The number of ketones is 1. The van der Waals surface area contributed by atoms with Crippen LogP contribution in [-0.2, 0) is 20.4 Å². The highest BCUT2D eigenvalue weighted by molar-refractivity contribution is 7.89. The first-order valence-corrected chi connectivity index (χ1v) is 13.5. The standard InChI is InChI=1S/C25H38N2O5S.ClH/c1-23(2)18-9-10-24(23,22(28)14-18)17-33(30,31)27-12-11-25(29,20(16-27)15-26(3)4)19-7-6-8-21(13-19)32-5;/h6-8,13,18,20,29H,9-12,14-17H2,1-5H3;1H/t18-,20?,24-,25?;/m1./s1. The van der Waals surface area contributed by atoms with Crippen LogP contribution in [0.5, 0.6) is 5.75 Å². The Morgan fingerprint density at radius 3 is 2.50 bits per heavy atom. The van der Waals surface area contributed by atoms with Crippen LogP contribution < -0.4 is 4.74 Å². The van der Waals surface area contributed by atoms with Gasteiger partial charge in [-0.05, 0) is 62.4 Å². The van der Waals surface area contributed by atoms with E-state index in [0.29, 0.717) is 31.6 Å². The average Bonchev–Trinajstić information content (AvgIpc) is 3.09. The molecule has 2 saturated carbocycles. The van der Waals surface area contributed by atoms with E-state index < -0.39 is 21.0 Å². The zero-order valence-corrected chi connectivity index (χ0v) is 22.5. The van der Waals surface area contributed by atoms with E-state index in [0.717, 1.165) is 12.0 Å². The van der Waals surface area contributed by atoms with Crippen molar-refractivity contribution < 1.29 is 23.1 Å². The monoisotopic (exact) mass is 514 g/mol. The number of halogens is 1. The first-order chi connectivity index (χ1) is 15.4. The van der Waals surface area contributed by atoms with Gasteiger partial charge >= 0.3 is 0 Å². The van der Waals surface area contributed by atoms with Crippen molar-refractivity contribution in [3.05, 3.63) is 29.8 Å². The molecule has 1 aliphatic heterocycles. The fourth-order valence-electron chi connectivity index (χ4n) is 6.67. The average molecular weight is 515 g/mol. The predicted molar refractivity (Wildman–Crippen MR) is 135 cm³/mol. The Hall–Kier alpha value is -1.19. The summed E-state index contributed by atoms with van der Waals surface area (Å²) in [6, 6.07) is 7.41. The number of carbonyl (C=O) groups excluding carboxylic acids is 1. The molecule has 0 aromatic heterocycles. The molecule has 1 heterocycles. The topological polar surface area (TPSA) is 87.1 Å². The molecule has 0 amide bonds. The number of aliphatic hydroxyl groups is 1. The largest absolute Gasteiger partial charge is 0.497 e. The van der Waals surface area contributed by atoms with Crippen LogP contribution in [0.2, 0.25) is 0 Å². The summed E-state index contributed by atoms with van der Waals surface area (Å²) in [5.74, 6) is 0.623. The molecule has 4 rings (SSSR count). The van der Waals surface area contributed by atoms with Crippen molar-refractivity contribution in [1.29, 1.82) is 0 Å². The second-order valence-corrected chi connectivity index (χ2v) is 13.1. The van der Waals surface area contributed by atoms with Crippen molar-refractivity contribution in [2.45, 2.75) is 45.1 Å². The number of fused-ring (bicyclic) bond motifs is 2. The van der Waals surface area contributed by atoms with E-state index >= 15 is 0 Å². The molecule has 2 unspecified atom stereocenters. The third-order valence-corrected chi connectivity index (χ3v) is 10.9. The maximum Gasteiger partial charge on any atom is 0.215 e. The minimum atomic E-state index is -3.67. The Morgan fingerprint density at radius 1 is 1.24 bits per heavy atom. The summed E-state index contributed by atoms with van der Waals surface area (Å²) in [6.07, 6.45) is 2.38. The first kappa shape index (κ1) is 27.4. The fraction of sp³-hybridized carbons (Fsp3) is 0.720. The predicted octanol–water partition coefficient (Wildman–Crippen LogP) is 2.91. The molecule has 3 aliphatic rings. The number of benzene rings is 1. The summed E-state index contributed by atoms with van der Waals surface area (Å²) in [5, 5.41) is 11.8. The molecule has 34 heavy (non-hydrogen) atoms. The third kappa shape index (κ3) is 4.30. The van der Waals surface area contributed by atoms with Crippen molar-refractivity contribution in [3.8, 4) is 5.75 Å². The molecule has 2 bridgehead atoms. The molecule has 192 valence electrons. The number of hydrogen-bond donors (Lipinski definition) is 1. The van der Waals surface area contributed by atoms with Gasteiger partial charge in [-0.15, -0.1) is 12.4 Å². The van der Waals surface area contributed by atoms with Gasteiger partial charge in [-0.2, -0.15) is 0 Å². The van der Waals surface area contributed by atoms with Gasteiger partial charge < -0.3 is 14.7 Å². The first-order valence-electron chi connectivity index (χ1n) is 11.9. The summed E-state index contributed by atoms with van der Waals surface area (Å²) in [7, 11) is 1.78. The lowest BCUT2D eigenvalue weighted by Gasteiger charge is -2.46. The molecule has 7 nitrogen and oxygen atoms in total. The molecular weight excluding hydrogens is 476 g/mol. The Labute approximate surface area is 210 Å². The molecule has 4 atom stereocenters. The van der Waals surface area contributed by atoms with Crippen LogP contribution in [0.1, 0.15) is 45.1 Å². The highest BCUT2D eigenvalue weighted by atomic mass is 35.5. The maximum absolute atomic E-state index is 13.7. The van der Waals surface area contributed by atoms with Crippen molar-refractivity contribution >= 4 is 28.2 Å². The number of rotatable bonds is 7. The molecule has 3 fully saturated rings. The van der Waals surface area contributed by atoms with Crippen LogP contribution in [-0.4, -0.2) is 75.1 Å². The van der Waals surface area contributed by atoms with E-state index in [-0.39, 0.29) is 54.3 Å². The van der Waals surface area contributed by atoms with E-state index in [9.17, 15) is 18.3 Å². The molecule has 0 radical (unpaired) electrons. The highest BCUT2D eigenvalue weighted by Crippen LogP contribution is 2.64. The van der Waals surface area contributed by atoms with E-state index in [1.165, 1.54) is 4.31 Å². The second kappa shape index (κ2) is 9.36. The van der Waals surface area contributed by atoms with Crippen LogP contribution in [0.3, 0.4) is 0 Å². The number of nitrogens with zero attached hydrogens (tertiary/aromatic N) is 2. The number of piperidine rings is 1. The molecule has 1 N–H and O–H groups in total. The van der Waals surface area contributed by atoms with Gasteiger partial charge in [-0.3, -0.25) is 4.79 Å². The molecule has 2 aliphatic carbocycles. The second-order valence-electron chi connectivity index (χ2n) is 11.1. The van der Waals surface area contributed by atoms with Gasteiger partial charge in [0.15, 0.2) is 0 Å². The molecule has 1 saturated heterocycles. The van der Waals surface area contributed by atoms with Crippen molar-refractivity contribution in [1.82, 2.24) is 9.21 Å². The van der Waals surface area contributed by atoms with Gasteiger partial charge in [0.2, 0.25) is 10.0 Å². The molecule has 1 aromatic rings. The quantitative estimate of drug-likeness (QED) is 0.602. The van der Waals surface area contributed by atoms with Gasteiger partial charge in [0.25, 0.3) is 0 Å². The molecular formula is C25H39ClN2O5S. The number of methoxy groups -OCH3 is 1. The summed E-state index contributed by atoms with van der Waals surface area (Å²) in [5.41, 5.74) is -1.50. The summed E-state index contributed by atoms with van der Waals surface area (Å²) < 4.78 is 34.3. The van der Waals surface area contributed by atoms with E-state index in [1.54, 1.807) is 7.11 Å². The number of sulfonamides is 1. The van der Waals surface area contributed by atoms with Gasteiger partial charge in [0.1, 0.15) is 11.5 Å². The normalized spacial score (nSPS) is 33.2. The Balaban J connectivity index is 0.00000324. The number of hydrogen-bond acceptors (Lipinski definition) is 6. The van der Waals surface area contributed by atoms with Crippen LogP contribution >= 0.6 is 12.4 Å². The Kier molecular flexibility index (Phi) is 7.54. The SMILES string of the molecule is COc1cccc(C2(O)CCN(S(=O)(=O)C[C@]34CC[C@H](CC3=O)C4(C)C)CC2CN(C)C)c1.Cl. The van der Waals surface area contributed by atoms with Gasteiger partial charge in [0, 0.05) is 37.4 Å².